The highest BCUT2D eigenvalue weighted by Crippen LogP contribution is 2.28. The van der Waals surface area contributed by atoms with Crippen LogP contribution < -0.4 is 16.6 Å². The van der Waals surface area contributed by atoms with E-state index in [-0.39, 0.29) is 59.3 Å². The summed E-state index contributed by atoms with van der Waals surface area (Å²) in [5.74, 6) is -6.33. The highest BCUT2D eigenvalue weighted by atomic mass is 32.2. The van der Waals surface area contributed by atoms with Crippen molar-refractivity contribution in [3.05, 3.63) is 87.3 Å². The maximum Gasteiger partial charge on any atom is 0.335 e. The number of carbonyl (C=O) groups is 4. The third-order valence-corrected chi connectivity index (χ3v) is 9.91. The van der Waals surface area contributed by atoms with Gasteiger partial charge >= 0.3 is 17.9 Å². The first kappa shape index (κ1) is 35.3. The van der Waals surface area contributed by atoms with E-state index in [1.54, 1.807) is 18.3 Å². The number of aromatic nitrogens is 3. The van der Waals surface area contributed by atoms with Crippen LogP contribution in [0, 0.1) is 5.92 Å². The van der Waals surface area contributed by atoms with Crippen LogP contribution in [0.5, 0.6) is 0 Å². The zero-order chi connectivity index (χ0) is 35.2. The molecule has 0 spiro atoms. The molecule has 2 heterocycles. The molecule has 8 N–H and O–H groups in total. The predicted octanol–water partition coefficient (Wildman–Crippen LogP) is 2.99. The van der Waals surface area contributed by atoms with Gasteiger partial charge in [-0.15, -0.1) is 0 Å². The molecular formula is C32H35N5O10S. The Morgan fingerprint density at radius 1 is 0.958 bits per heavy atom. The molecule has 0 aliphatic rings. The van der Waals surface area contributed by atoms with Crippen molar-refractivity contribution in [2.45, 2.75) is 55.9 Å². The molecule has 0 fully saturated rings. The van der Waals surface area contributed by atoms with Crippen molar-refractivity contribution in [2.24, 2.45) is 5.92 Å². The van der Waals surface area contributed by atoms with E-state index in [1.165, 1.54) is 30.3 Å². The molecule has 0 aliphatic carbocycles. The normalized spacial score (nSPS) is 13.4. The van der Waals surface area contributed by atoms with Gasteiger partial charge in [-0.1, -0.05) is 38.0 Å². The number of carboxylic acids is 3. The predicted molar refractivity (Wildman–Crippen MR) is 174 cm³/mol. The van der Waals surface area contributed by atoms with E-state index in [4.69, 9.17) is 10.8 Å². The van der Waals surface area contributed by atoms with Gasteiger partial charge in [0, 0.05) is 17.7 Å². The van der Waals surface area contributed by atoms with Gasteiger partial charge in [0.25, 0.3) is 11.5 Å². The number of unbranched alkanes of at least 4 members (excludes halogenated alkanes) is 2. The standard InChI is InChI=1S/C32H35N5O10S/c1-17(23-16-34-26-25(23)28(39)37-32(33)36-26)18-9-11-19(12-10-18)27(38)35-24(31(44)45)15-21(30(42)43)6-3-2-4-13-48(46,47)22-8-5-7-20(14-22)29(40)41/h5,7-12,14,16-17,21,24H,2-4,6,13,15H2,1H3,(H,35,38)(H,40,41)(H,42,43)(H,44,45)(H4,33,34,36,37,39)/t17?,21?,24-/m0/s1. The summed E-state index contributed by atoms with van der Waals surface area (Å²) in [6, 6.07) is 9.82. The molecule has 3 atom stereocenters. The molecule has 4 rings (SSSR count). The van der Waals surface area contributed by atoms with Crippen molar-refractivity contribution in [1.29, 1.82) is 0 Å². The lowest BCUT2D eigenvalue weighted by Crippen LogP contribution is -2.43. The van der Waals surface area contributed by atoms with Crippen LogP contribution in [-0.4, -0.2) is 74.3 Å². The van der Waals surface area contributed by atoms with Crippen LogP contribution in [0.3, 0.4) is 0 Å². The Balaban J connectivity index is 1.33. The summed E-state index contributed by atoms with van der Waals surface area (Å²) >= 11 is 0. The fraction of sp³-hybridized carbons (Fsp3) is 0.312. The minimum Gasteiger partial charge on any atom is -0.481 e. The Morgan fingerprint density at radius 3 is 2.31 bits per heavy atom. The van der Waals surface area contributed by atoms with Crippen molar-refractivity contribution in [3.63, 3.8) is 0 Å². The number of sulfone groups is 1. The molecule has 2 aromatic carbocycles. The van der Waals surface area contributed by atoms with Crippen LogP contribution in [0.4, 0.5) is 5.95 Å². The maximum atomic E-state index is 13.0. The molecule has 1 amide bonds. The second-order valence-electron chi connectivity index (χ2n) is 11.4. The van der Waals surface area contributed by atoms with Crippen molar-refractivity contribution >= 4 is 50.6 Å². The lowest BCUT2D eigenvalue weighted by Gasteiger charge is -2.19. The SMILES string of the molecule is CC(c1ccc(C(=O)N[C@@H](CC(CCCCCS(=O)(=O)c2cccc(C(=O)O)c2)C(=O)O)C(=O)O)cc1)c1c[nH]c2nc(N)[nH]c(=O)c12. The van der Waals surface area contributed by atoms with Gasteiger partial charge in [-0.2, -0.15) is 4.98 Å². The average Bonchev–Trinajstić information content (AvgIpc) is 3.47. The van der Waals surface area contributed by atoms with Crippen LogP contribution in [0.25, 0.3) is 11.0 Å². The van der Waals surface area contributed by atoms with E-state index in [1.807, 2.05) is 6.92 Å². The first-order valence-electron chi connectivity index (χ1n) is 15.0. The highest BCUT2D eigenvalue weighted by molar-refractivity contribution is 7.91. The largest absolute Gasteiger partial charge is 0.481 e. The molecule has 0 aliphatic heterocycles. The number of H-pyrrole nitrogens is 2. The topological polar surface area (TPSA) is 263 Å². The van der Waals surface area contributed by atoms with Crippen LogP contribution in [-0.2, 0) is 19.4 Å². The minimum atomic E-state index is -3.76. The molecule has 0 saturated carbocycles. The molecule has 48 heavy (non-hydrogen) atoms. The van der Waals surface area contributed by atoms with Gasteiger partial charge in [-0.25, -0.2) is 18.0 Å². The number of nitrogens with zero attached hydrogens (tertiary/aromatic N) is 1. The zero-order valence-electron chi connectivity index (χ0n) is 25.8. The summed E-state index contributed by atoms with van der Waals surface area (Å²) in [7, 11) is -3.76. The highest BCUT2D eigenvalue weighted by Gasteiger charge is 2.29. The number of benzene rings is 2. The number of fused-ring (bicyclic) bond motifs is 1. The maximum absolute atomic E-state index is 13.0. The molecule has 254 valence electrons. The lowest BCUT2D eigenvalue weighted by molar-refractivity contribution is -0.144. The van der Waals surface area contributed by atoms with E-state index in [9.17, 15) is 42.6 Å². The van der Waals surface area contributed by atoms with Gasteiger partial charge < -0.3 is 31.4 Å². The summed E-state index contributed by atoms with van der Waals surface area (Å²) in [4.78, 5) is 69.9. The molecular weight excluding hydrogens is 646 g/mol. The number of amides is 1. The first-order valence-corrected chi connectivity index (χ1v) is 16.6. The number of aliphatic carboxylic acids is 2. The van der Waals surface area contributed by atoms with Crippen LogP contribution >= 0.6 is 0 Å². The van der Waals surface area contributed by atoms with Crippen molar-refractivity contribution in [2.75, 3.05) is 11.5 Å². The van der Waals surface area contributed by atoms with Crippen LogP contribution in [0.15, 0.2) is 64.4 Å². The number of hydrogen-bond donors (Lipinski definition) is 7. The van der Waals surface area contributed by atoms with E-state index >= 15 is 0 Å². The molecule has 2 aromatic heterocycles. The number of hydrogen-bond acceptors (Lipinski definition) is 9. The molecule has 16 heteroatoms. The summed E-state index contributed by atoms with van der Waals surface area (Å²) in [6.45, 7) is 1.86. The second-order valence-corrected chi connectivity index (χ2v) is 13.5. The third kappa shape index (κ3) is 8.44. The fourth-order valence-electron chi connectivity index (χ4n) is 5.42. The number of aromatic amines is 2. The number of aromatic carboxylic acids is 1. The third-order valence-electron chi connectivity index (χ3n) is 8.11. The van der Waals surface area contributed by atoms with Gasteiger partial charge in [0.05, 0.1) is 27.5 Å². The molecule has 0 bridgehead atoms. The lowest BCUT2D eigenvalue weighted by atomic mass is 9.92. The van der Waals surface area contributed by atoms with Crippen LogP contribution in [0.1, 0.15) is 76.8 Å². The Hall–Kier alpha value is -5.51. The minimum absolute atomic E-state index is 0.0226. The van der Waals surface area contributed by atoms with Gasteiger partial charge in [0.1, 0.15) is 11.7 Å². The van der Waals surface area contributed by atoms with Gasteiger partial charge in [-0.05, 0) is 60.7 Å². The Labute approximate surface area is 274 Å². The average molecular weight is 682 g/mol. The summed E-state index contributed by atoms with van der Waals surface area (Å²) in [5.41, 5.74) is 6.95. The van der Waals surface area contributed by atoms with Gasteiger partial charge in [0.15, 0.2) is 9.84 Å². The Morgan fingerprint density at radius 2 is 1.67 bits per heavy atom. The monoisotopic (exact) mass is 681 g/mol. The molecule has 0 radical (unpaired) electrons. The fourth-order valence-corrected chi connectivity index (χ4v) is 6.83. The number of carboxylic acid groups (broad SMARTS) is 3. The number of nitrogen functional groups attached to an aromatic ring is 1. The molecule has 4 aromatic rings. The number of nitrogens with two attached hydrogens (primary N) is 1. The summed E-state index contributed by atoms with van der Waals surface area (Å²) in [5, 5.41) is 31.3. The Kier molecular flexibility index (Phi) is 11.0. The smallest absolute Gasteiger partial charge is 0.335 e. The number of rotatable bonds is 16. The Bertz CT molecular complexity index is 2000. The summed E-state index contributed by atoms with van der Waals surface area (Å²) in [6.07, 6.45) is 2.11. The van der Waals surface area contributed by atoms with Gasteiger partial charge in [0.2, 0.25) is 5.95 Å². The zero-order valence-corrected chi connectivity index (χ0v) is 26.6. The first-order chi connectivity index (χ1) is 22.7. The molecule has 0 saturated heterocycles. The quantitative estimate of drug-likeness (QED) is 0.0842. The van der Waals surface area contributed by atoms with Crippen molar-refractivity contribution in [3.8, 4) is 0 Å². The van der Waals surface area contributed by atoms with E-state index in [0.717, 1.165) is 11.6 Å². The van der Waals surface area contributed by atoms with Crippen molar-refractivity contribution < 1.29 is 42.9 Å². The van der Waals surface area contributed by atoms with E-state index in [0.29, 0.717) is 23.0 Å². The molecule has 15 nitrogen and oxygen atoms in total. The van der Waals surface area contributed by atoms with E-state index in [2.05, 4.69) is 20.3 Å². The number of nitrogens with one attached hydrogen (secondary N) is 3. The van der Waals surface area contributed by atoms with Crippen LogP contribution in [0.2, 0.25) is 0 Å². The summed E-state index contributed by atoms with van der Waals surface area (Å²) < 4.78 is 25.2. The van der Waals surface area contributed by atoms with Gasteiger partial charge in [-0.3, -0.25) is 19.4 Å². The second kappa shape index (κ2) is 14.9. The van der Waals surface area contributed by atoms with Crippen molar-refractivity contribution in [1.82, 2.24) is 20.3 Å². The molecule has 2 unspecified atom stereocenters. The number of carbonyl (C=O) groups excluding carboxylic acids is 1. The van der Waals surface area contributed by atoms with E-state index < -0.39 is 51.2 Å². The number of anilines is 1.